The molecule has 5 heteroatoms. The van der Waals surface area contributed by atoms with Gasteiger partial charge < -0.3 is 16.0 Å². The molecule has 3 N–H and O–H groups in total. The quantitative estimate of drug-likeness (QED) is 0.786. The highest BCUT2D eigenvalue weighted by Crippen LogP contribution is 2.12. The number of carbonyl (C=O) groups is 1. The maximum absolute atomic E-state index is 11.6. The molecule has 0 bridgehead atoms. The number of carbonyl (C=O) groups excluding carboxylic acids is 1. The van der Waals surface area contributed by atoms with E-state index in [1.54, 1.807) is 12.3 Å². The van der Waals surface area contributed by atoms with Crippen LogP contribution < -0.4 is 16.0 Å². The van der Waals surface area contributed by atoms with Gasteiger partial charge in [-0.3, -0.25) is 9.78 Å². The molecule has 1 heterocycles. The van der Waals surface area contributed by atoms with Crippen molar-refractivity contribution in [3.8, 4) is 0 Å². The Hall–Kier alpha value is -1.62. The van der Waals surface area contributed by atoms with Crippen molar-refractivity contribution in [3.63, 3.8) is 0 Å². The Bertz CT molecular complexity index is 379. The van der Waals surface area contributed by atoms with Crippen LogP contribution in [0, 0.1) is 0 Å². The van der Waals surface area contributed by atoms with Crippen molar-refractivity contribution >= 4 is 11.6 Å². The predicted molar refractivity (Wildman–Crippen MR) is 69.2 cm³/mol. The van der Waals surface area contributed by atoms with Crippen LogP contribution in [0.2, 0.25) is 0 Å². The molecule has 1 atom stereocenters. The van der Waals surface area contributed by atoms with E-state index in [9.17, 15) is 4.79 Å². The van der Waals surface area contributed by atoms with Gasteiger partial charge in [-0.2, -0.15) is 0 Å². The smallest absolute Gasteiger partial charge is 0.269 e. The summed E-state index contributed by atoms with van der Waals surface area (Å²) in [5, 5.41) is 2.72. The SMILES string of the molecule is CCNC(=O)c1cc(N(C)CC(C)N)ccn1. The van der Waals surface area contributed by atoms with E-state index in [2.05, 4.69) is 10.3 Å². The first-order valence-electron chi connectivity index (χ1n) is 5.75. The molecule has 0 aliphatic heterocycles. The molecule has 1 rings (SSSR count). The van der Waals surface area contributed by atoms with Crippen LogP contribution in [0.4, 0.5) is 5.69 Å². The summed E-state index contributed by atoms with van der Waals surface area (Å²) in [6.07, 6.45) is 1.64. The lowest BCUT2D eigenvalue weighted by Gasteiger charge is -2.21. The van der Waals surface area contributed by atoms with Gasteiger partial charge in [-0.1, -0.05) is 0 Å². The fourth-order valence-corrected chi connectivity index (χ4v) is 1.57. The van der Waals surface area contributed by atoms with E-state index in [1.165, 1.54) is 0 Å². The van der Waals surface area contributed by atoms with Gasteiger partial charge in [0.2, 0.25) is 0 Å². The van der Waals surface area contributed by atoms with E-state index < -0.39 is 0 Å². The van der Waals surface area contributed by atoms with Crippen LogP contribution in [0.25, 0.3) is 0 Å². The summed E-state index contributed by atoms with van der Waals surface area (Å²) in [5.74, 6) is -0.149. The molecule has 0 aromatic carbocycles. The highest BCUT2D eigenvalue weighted by atomic mass is 16.1. The summed E-state index contributed by atoms with van der Waals surface area (Å²) < 4.78 is 0. The van der Waals surface area contributed by atoms with Crippen molar-refractivity contribution in [1.82, 2.24) is 10.3 Å². The predicted octanol–water partition coefficient (Wildman–Crippen LogP) is 0.615. The van der Waals surface area contributed by atoms with Crippen LogP contribution in [-0.4, -0.2) is 37.1 Å². The van der Waals surface area contributed by atoms with Crippen LogP contribution in [0.5, 0.6) is 0 Å². The van der Waals surface area contributed by atoms with Crippen molar-refractivity contribution in [2.24, 2.45) is 5.73 Å². The maximum atomic E-state index is 11.6. The van der Waals surface area contributed by atoms with E-state index in [1.807, 2.05) is 31.9 Å². The average Bonchev–Trinajstić information content (AvgIpc) is 2.28. The second-order valence-corrected chi connectivity index (χ2v) is 4.12. The van der Waals surface area contributed by atoms with Crippen molar-refractivity contribution in [2.75, 3.05) is 25.0 Å². The third-order valence-corrected chi connectivity index (χ3v) is 2.32. The highest BCUT2D eigenvalue weighted by molar-refractivity contribution is 5.93. The minimum atomic E-state index is -0.149. The van der Waals surface area contributed by atoms with Gasteiger partial charge in [-0.05, 0) is 26.0 Å². The Kier molecular flexibility index (Phi) is 4.90. The zero-order chi connectivity index (χ0) is 12.8. The minimum Gasteiger partial charge on any atom is -0.373 e. The number of nitrogens with two attached hydrogens (primary N) is 1. The van der Waals surface area contributed by atoms with Gasteiger partial charge in [0.25, 0.3) is 5.91 Å². The van der Waals surface area contributed by atoms with Gasteiger partial charge in [0.1, 0.15) is 5.69 Å². The molecule has 0 fully saturated rings. The first kappa shape index (κ1) is 13.4. The van der Waals surface area contributed by atoms with Gasteiger partial charge in [0.15, 0.2) is 0 Å². The summed E-state index contributed by atoms with van der Waals surface area (Å²) in [6.45, 7) is 5.16. The van der Waals surface area contributed by atoms with Crippen molar-refractivity contribution in [3.05, 3.63) is 24.0 Å². The maximum Gasteiger partial charge on any atom is 0.269 e. The number of pyridine rings is 1. The van der Waals surface area contributed by atoms with Gasteiger partial charge >= 0.3 is 0 Å². The first-order chi connectivity index (χ1) is 8.04. The van der Waals surface area contributed by atoms with Crippen LogP contribution >= 0.6 is 0 Å². The molecule has 0 aliphatic carbocycles. The molecule has 0 radical (unpaired) electrons. The van der Waals surface area contributed by atoms with E-state index >= 15 is 0 Å². The minimum absolute atomic E-state index is 0.0843. The Morgan fingerprint density at radius 2 is 2.35 bits per heavy atom. The van der Waals surface area contributed by atoms with E-state index in [-0.39, 0.29) is 11.9 Å². The molecule has 17 heavy (non-hydrogen) atoms. The summed E-state index contributed by atoms with van der Waals surface area (Å²) in [6, 6.07) is 3.72. The van der Waals surface area contributed by atoms with Crippen molar-refractivity contribution in [2.45, 2.75) is 19.9 Å². The standard InChI is InChI=1S/C12H20N4O/c1-4-14-12(17)11-7-10(5-6-15-11)16(3)8-9(2)13/h5-7,9H,4,8,13H2,1-3H3,(H,14,17). The Morgan fingerprint density at radius 1 is 1.65 bits per heavy atom. The lowest BCUT2D eigenvalue weighted by molar-refractivity contribution is 0.0951. The molecule has 1 amide bonds. The van der Waals surface area contributed by atoms with Crippen LogP contribution in [0.15, 0.2) is 18.3 Å². The monoisotopic (exact) mass is 236 g/mol. The molecule has 0 aliphatic rings. The number of rotatable bonds is 5. The number of nitrogens with one attached hydrogen (secondary N) is 1. The summed E-state index contributed by atoms with van der Waals surface area (Å²) in [4.78, 5) is 17.7. The lowest BCUT2D eigenvalue weighted by atomic mass is 10.2. The molecule has 1 aromatic rings. The first-order valence-corrected chi connectivity index (χ1v) is 5.75. The number of hydrogen-bond acceptors (Lipinski definition) is 4. The average molecular weight is 236 g/mol. The largest absolute Gasteiger partial charge is 0.373 e. The van der Waals surface area contributed by atoms with Gasteiger partial charge in [0.05, 0.1) is 0 Å². The fourth-order valence-electron chi connectivity index (χ4n) is 1.57. The van der Waals surface area contributed by atoms with E-state index in [0.717, 1.165) is 12.2 Å². The second kappa shape index (κ2) is 6.20. The Morgan fingerprint density at radius 3 is 2.94 bits per heavy atom. The molecule has 0 saturated carbocycles. The molecule has 1 aromatic heterocycles. The summed E-state index contributed by atoms with van der Waals surface area (Å²) in [7, 11) is 1.94. The number of likely N-dealkylation sites (N-methyl/N-ethyl adjacent to an activating group) is 1. The molecular weight excluding hydrogens is 216 g/mol. The summed E-state index contributed by atoms with van der Waals surface area (Å²) in [5.41, 5.74) is 7.11. The molecular formula is C12H20N4O. The van der Waals surface area contributed by atoms with Gasteiger partial charge in [-0.15, -0.1) is 0 Å². The zero-order valence-electron chi connectivity index (χ0n) is 10.6. The number of nitrogens with zero attached hydrogens (tertiary/aromatic N) is 2. The molecule has 0 spiro atoms. The Balaban J connectivity index is 2.81. The van der Waals surface area contributed by atoms with Crippen LogP contribution in [0.3, 0.4) is 0 Å². The Labute approximate surface area is 102 Å². The number of aromatic nitrogens is 1. The fraction of sp³-hybridized carbons (Fsp3) is 0.500. The van der Waals surface area contributed by atoms with Crippen molar-refractivity contribution in [1.29, 1.82) is 0 Å². The van der Waals surface area contributed by atoms with Crippen molar-refractivity contribution < 1.29 is 4.79 Å². The van der Waals surface area contributed by atoms with Gasteiger partial charge in [0, 0.05) is 38.1 Å². The van der Waals surface area contributed by atoms with Crippen LogP contribution in [0.1, 0.15) is 24.3 Å². The highest BCUT2D eigenvalue weighted by Gasteiger charge is 2.09. The summed E-state index contributed by atoms with van der Waals surface area (Å²) >= 11 is 0. The molecule has 94 valence electrons. The van der Waals surface area contributed by atoms with E-state index in [0.29, 0.717) is 12.2 Å². The molecule has 0 saturated heterocycles. The third-order valence-electron chi connectivity index (χ3n) is 2.32. The zero-order valence-corrected chi connectivity index (χ0v) is 10.6. The number of amides is 1. The lowest BCUT2D eigenvalue weighted by Crippen LogP contribution is -2.33. The van der Waals surface area contributed by atoms with Crippen LogP contribution in [-0.2, 0) is 0 Å². The van der Waals surface area contributed by atoms with E-state index in [4.69, 9.17) is 5.73 Å². The second-order valence-electron chi connectivity index (χ2n) is 4.12. The normalized spacial score (nSPS) is 12.0. The molecule has 1 unspecified atom stereocenters. The van der Waals surface area contributed by atoms with Gasteiger partial charge in [-0.25, -0.2) is 0 Å². The topological polar surface area (TPSA) is 71.2 Å². The third kappa shape index (κ3) is 4.03. The number of hydrogen-bond donors (Lipinski definition) is 2. The molecule has 5 nitrogen and oxygen atoms in total. The number of anilines is 1.